The van der Waals surface area contributed by atoms with Crippen LogP contribution >= 0.6 is 0 Å². The van der Waals surface area contributed by atoms with E-state index < -0.39 is 0 Å². The number of aromatic nitrogens is 2. The third-order valence-electron chi connectivity index (χ3n) is 2.19. The zero-order chi connectivity index (χ0) is 10.3. The van der Waals surface area contributed by atoms with Crippen molar-refractivity contribution in [2.24, 2.45) is 0 Å². The molecule has 5 nitrogen and oxygen atoms in total. The Bertz CT molecular complexity index is 554. The Hall–Kier alpha value is -2.17. The third kappa shape index (κ3) is 1.13. The average molecular weight is 202 g/mol. The van der Waals surface area contributed by atoms with Crippen LogP contribution in [0.5, 0.6) is 11.5 Å². The maximum Gasteiger partial charge on any atom is 0.231 e. The first-order chi connectivity index (χ1) is 7.38. The summed E-state index contributed by atoms with van der Waals surface area (Å²) < 4.78 is 10.5. The number of benzene rings is 1. The van der Waals surface area contributed by atoms with Gasteiger partial charge in [0.15, 0.2) is 17.8 Å². The van der Waals surface area contributed by atoms with E-state index in [1.165, 1.54) is 6.20 Å². The van der Waals surface area contributed by atoms with Crippen molar-refractivity contribution in [3.63, 3.8) is 0 Å². The number of aldehydes is 1. The first kappa shape index (κ1) is 8.16. The van der Waals surface area contributed by atoms with Gasteiger partial charge in [-0.25, -0.2) is 4.98 Å². The lowest BCUT2D eigenvalue weighted by Gasteiger charge is -2.00. The van der Waals surface area contributed by atoms with Crippen molar-refractivity contribution in [2.45, 2.75) is 0 Å². The molecule has 0 aliphatic carbocycles. The summed E-state index contributed by atoms with van der Waals surface area (Å²) >= 11 is 0. The number of carbonyl (C=O) groups is 1. The summed E-state index contributed by atoms with van der Waals surface area (Å²) in [6, 6.07) is 3.56. The van der Waals surface area contributed by atoms with Gasteiger partial charge in [0, 0.05) is 0 Å². The molecule has 5 heteroatoms. The number of hydrogen-bond donors (Lipinski definition) is 0. The van der Waals surface area contributed by atoms with E-state index in [2.05, 4.69) is 9.97 Å². The Kier molecular flexibility index (Phi) is 1.58. The van der Waals surface area contributed by atoms with Crippen LogP contribution in [0.4, 0.5) is 0 Å². The van der Waals surface area contributed by atoms with Crippen molar-refractivity contribution >= 4 is 17.3 Å². The number of hydrogen-bond acceptors (Lipinski definition) is 5. The molecule has 0 saturated carbocycles. The van der Waals surface area contributed by atoms with Gasteiger partial charge in [0.05, 0.1) is 11.7 Å². The summed E-state index contributed by atoms with van der Waals surface area (Å²) in [4.78, 5) is 18.8. The highest BCUT2D eigenvalue weighted by Crippen LogP contribution is 2.37. The number of ether oxygens (including phenoxy) is 2. The molecular weight excluding hydrogens is 196 g/mol. The Morgan fingerprint density at radius 2 is 2.27 bits per heavy atom. The van der Waals surface area contributed by atoms with Gasteiger partial charge < -0.3 is 9.47 Å². The monoisotopic (exact) mass is 202 g/mol. The quantitative estimate of drug-likeness (QED) is 0.649. The minimum atomic E-state index is 0.182. The Morgan fingerprint density at radius 1 is 1.33 bits per heavy atom. The van der Waals surface area contributed by atoms with Gasteiger partial charge in [0.25, 0.3) is 0 Å². The molecule has 0 atom stereocenters. The van der Waals surface area contributed by atoms with Crippen LogP contribution in [0.1, 0.15) is 10.5 Å². The second-order valence-electron chi connectivity index (χ2n) is 3.08. The minimum absolute atomic E-state index is 0.182. The van der Waals surface area contributed by atoms with Crippen LogP contribution in [0.2, 0.25) is 0 Å². The van der Waals surface area contributed by atoms with Gasteiger partial charge in [-0.15, -0.1) is 0 Å². The molecule has 0 N–H and O–H groups in total. The predicted octanol–water partition coefficient (Wildman–Crippen LogP) is 1.17. The summed E-state index contributed by atoms with van der Waals surface area (Å²) in [5, 5.41) is 0. The van der Waals surface area contributed by atoms with Gasteiger partial charge in [0.1, 0.15) is 11.2 Å². The lowest BCUT2D eigenvalue weighted by Crippen LogP contribution is -1.94. The molecule has 0 amide bonds. The zero-order valence-corrected chi connectivity index (χ0v) is 7.64. The number of nitrogens with zero attached hydrogens (tertiary/aromatic N) is 2. The maximum atomic E-state index is 10.6. The molecule has 2 aromatic rings. The van der Waals surface area contributed by atoms with Gasteiger partial charge >= 0.3 is 0 Å². The molecule has 0 saturated heterocycles. The summed E-state index contributed by atoms with van der Waals surface area (Å²) in [6.07, 6.45) is 2.08. The highest BCUT2D eigenvalue weighted by Gasteiger charge is 2.18. The van der Waals surface area contributed by atoms with Gasteiger partial charge in [0.2, 0.25) is 6.79 Å². The lowest BCUT2D eigenvalue weighted by atomic mass is 10.2. The molecule has 0 unspecified atom stereocenters. The van der Waals surface area contributed by atoms with Crippen LogP contribution in [0.25, 0.3) is 11.0 Å². The predicted molar refractivity (Wildman–Crippen MR) is 51.0 cm³/mol. The lowest BCUT2D eigenvalue weighted by molar-refractivity contribution is 0.111. The van der Waals surface area contributed by atoms with Crippen LogP contribution in [-0.4, -0.2) is 23.0 Å². The molecule has 0 spiro atoms. The SMILES string of the molecule is O=Cc1cnc2ccc3c(c2n1)OCO3. The summed E-state index contributed by atoms with van der Waals surface area (Å²) in [5.74, 6) is 1.20. The summed E-state index contributed by atoms with van der Waals surface area (Å²) in [7, 11) is 0. The van der Waals surface area contributed by atoms with Crippen molar-refractivity contribution in [1.29, 1.82) is 0 Å². The van der Waals surface area contributed by atoms with Gasteiger partial charge in [-0.3, -0.25) is 9.78 Å². The fraction of sp³-hybridized carbons (Fsp3) is 0.100. The molecular formula is C10H6N2O3. The van der Waals surface area contributed by atoms with Gasteiger partial charge in [-0.1, -0.05) is 0 Å². The number of rotatable bonds is 1. The molecule has 0 radical (unpaired) electrons. The fourth-order valence-electron chi connectivity index (χ4n) is 1.51. The summed E-state index contributed by atoms with van der Waals surface area (Å²) in [5.41, 5.74) is 1.53. The first-order valence-electron chi connectivity index (χ1n) is 4.39. The van der Waals surface area contributed by atoms with E-state index >= 15 is 0 Å². The fourth-order valence-corrected chi connectivity index (χ4v) is 1.51. The maximum absolute atomic E-state index is 10.6. The Morgan fingerprint density at radius 3 is 3.13 bits per heavy atom. The molecule has 15 heavy (non-hydrogen) atoms. The second-order valence-corrected chi connectivity index (χ2v) is 3.08. The summed E-state index contributed by atoms with van der Waals surface area (Å²) in [6.45, 7) is 0.182. The van der Waals surface area contributed by atoms with E-state index in [0.29, 0.717) is 28.8 Å². The topological polar surface area (TPSA) is 61.3 Å². The largest absolute Gasteiger partial charge is 0.454 e. The standard InChI is InChI=1S/C10H6N2O3/c13-4-6-3-11-7-1-2-8-10(9(7)12-6)15-5-14-8/h1-4H,5H2. The normalized spacial score (nSPS) is 13.1. The second kappa shape index (κ2) is 2.91. The Labute approximate surface area is 84.7 Å². The van der Waals surface area contributed by atoms with Crippen molar-refractivity contribution in [3.05, 3.63) is 24.0 Å². The van der Waals surface area contributed by atoms with Crippen molar-refractivity contribution in [3.8, 4) is 11.5 Å². The van der Waals surface area contributed by atoms with E-state index in [1.54, 1.807) is 12.1 Å². The van der Waals surface area contributed by atoms with Crippen LogP contribution in [0.3, 0.4) is 0 Å². The van der Waals surface area contributed by atoms with Crippen molar-refractivity contribution in [2.75, 3.05) is 6.79 Å². The molecule has 1 aliphatic rings. The van der Waals surface area contributed by atoms with Crippen LogP contribution < -0.4 is 9.47 Å². The molecule has 74 valence electrons. The van der Waals surface area contributed by atoms with Gasteiger partial charge in [-0.05, 0) is 12.1 Å². The number of fused-ring (bicyclic) bond motifs is 3. The number of carbonyl (C=O) groups excluding carboxylic acids is 1. The smallest absolute Gasteiger partial charge is 0.231 e. The third-order valence-corrected chi connectivity index (χ3v) is 2.19. The highest BCUT2D eigenvalue weighted by atomic mass is 16.7. The molecule has 1 aromatic carbocycles. The van der Waals surface area contributed by atoms with E-state index in [9.17, 15) is 4.79 Å². The van der Waals surface area contributed by atoms with Crippen molar-refractivity contribution in [1.82, 2.24) is 9.97 Å². The van der Waals surface area contributed by atoms with E-state index in [0.717, 1.165) is 0 Å². The highest BCUT2D eigenvalue weighted by molar-refractivity contribution is 5.86. The van der Waals surface area contributed by atoms with E-state index in [-0.39, 0.29) is 12.5 Å². The molecule has 0 fully saturated rings. The first-order valence-corrected chi connectivity index (χ1v) is 4.39. The average Bonchev–Trinajstić information content (AvgIpc) is 2.76. The van der Waals surface area contributed by atoms with Crippen LogP contribution in [0, 0.1) is 0 Å². The molecule has 2 heterocycles. The zero-order valence-electron chi connectivity index (χ0n) is 7.64. The van der Waals surface area contributed by atoms with Crippen LogP contribution in [0.15, 0.2) is 18.3 Å². The molecule has 1 aromatic heterocycles. The molecule has 0 bridgehead atoms. The molecule has 1 aliphatic heterocycles. The Balaban J connectivity index is 2.37. The minimum Gasteiger partial charge on any atom is -0.454 e. The van der Waals surface area contributed by atoms with Gasteiger partial charge in [-0.2, -0.15) is 0 Å². The van der Waals surface area contributed by atoms with E-state index in [4.69, 9.17) is 9.47 Å². The molecule has 3 rings (SSSR count). The van der Waals surface area contributed by atoms with E-state index in [1.807, 2.05) is 0 Å². The van der Waals surface area contributed by atoms with Crippen molar-refractivity contribution < 1.29 is 14.3 Å². The van der Waals surface area contributed by atoms with Crippen LogP contribution in [-0.2, 0) is 0 Å².